The molecule has 1 aliphatic rings. The smallest absolute Gasteiger partial charge is 0.247 e. The van der Waals surface area contributed by atoms with E-state index in [1.165, 1.54) is 0 Å². The van der Waals surface area contributed by atoms with E-state index in [1.54, 1.807) is 0 Å². The van der Waals surface area contributed by atoms with Gasteiger partial charge in [0.15, 0.2) is 0 Å². The molecule has 1 amide bonds. The minimum Gasteiger partial charge on any atom is -0.379 e. The Labute approximate surface area is 79.2 Å². The summed E-state index contributed by atoms with van der Waals surface area (Å²) >= 11 is 0. The molecule has 0 aliphatic carbocycles. The average Bonchev–Trinajstić information content (AvgIpc) is 2.55. The standard InChI is InChI=1S/C10H17NO2/c1-7(2)8(3)10(12)11-9-4-5-13-6-9/h9H,4-6H2,1-3H3,(H,11,12). The van der Waals surface area contributed by atoms with E-state index in [1.807, 2.05) is 20.8 Å². The Hall–Kier alpha value is -0.830. The first kappa shape index (κ1) is 10.3. The van der Waals surface area contributed by atoms with E-state index in [-0.39, 0.29) is 11.9 Å². The van der Waals surface area contributed by atoms with Crippen LogP contribution in [0.1, 0.15) is 27.2 Å². The first-order valence-corrected chi connectivity index (χ1v) is 4.64. The van der Waals surface area contributed by atoms with Crippen molar-refractivity contribution >= 4 is 5.91 Å². The van der Waals surface area contributed by atoms with Gasteiger partial charge < -0.3 is 10.1 Å². The number of ether oxygens (including phenoxy) is 1. The fourth-order valence-electron chi connectivity index (χ4n) is 1.17. The number of carbonyl (C=O) groups excluding carboxylic acids is 1. The molecule has 74 valence electrons. The van der Waals surface area contributed by atoms with Crippen molar-refractivity contribution in [3.63, 3.8) is 0 Å². The molecule has 13 heavy (non-hydrogen) atoms. The lowest BCUT2D eigenvalue weighted by molar-refractivity contribution is -0.118. The second-order valence-electron chi connectivity index (χ2n) is 3.66. The van der Waals surface area contributed by atoms with Crippen LogP contribution in [0.25, 0.3) is 0 Å². The summed E-state index contributed by atoms with van der Waals surface area (Å²) in [5, 5.41) is 2.94. The fraction of sp³-hybridized carbons (Fsp3) is 0.700. The third-order valence-electron chi connectivity index (χ3n) is 2.36. The van der Waals surface area contributed by atoms with Gasteiger partial charge in [-0.1, -0.05) is 5.57 Å². The van der Waals surface area contributed by atoms with Gasteiger partial charge in [0.05, 0.1) is 12.6 Å². The van der Waals surface area contributed by atoms with E-state index in [0.29, 0.717) is 6.61 Å². The Bertz CT molecular complexity index is 223. The molecule has 0 radical (unpaired) electrons. The van der Waals surface area contributed by atoms with Crippen molar-refractivity contribution in [1.82, 2.24) is 5.32 Å². The molecule has 1 N–H and O–H groups in total. The van der Waals surface area contributed by atoms with Crippen LogP contribution < -0.4 is 5.32 Å². The molecule has 3 heteroatoms. The molecule has 1 unspecified atom stereocenters. The van der Waals surface area contributed by atoms with Gasteiger partial charge in [0.25, 0.3) is 0 Å². The molecule has 1 fully saturated rings. The number of hydrogen-bond donors (Lipinski definition) is 1. The maximum Gasteiger partial charge on any atom is 0.247 e. The van der Waals surface area contributed by atoms with Crippen LogP contribution in [-0.2, 0) is 9.53 Å². The average molecular weight is 183 g/mol. The van der Waals surface area contributed by atoms with Crippen LogP contribution in [0.3, 0.4) is 0 Å². The Morgan fingerprint density at radius 3 is 2.54 bits per heavy atom. The van der Waals surface area contributed by atoms with Gasteiger partial charge in [0.1, 0.15) is 0 Å². The molecule has 0 aromatic carbocycles. The fourth-order valence-corrected chi connectivity index (χ4v) is 1.17. The number of hydrogen-bond acceptors (Lipinski definition) is 2. The van der Waals surface area contributed by atoms with Crippen molar-refractivity contribution in [1.29, 1.82) is 0 Å². The third kappa shape index (κ3) is 2.84. The minimum atomic E-state index is 0.0375. The number of amides is 1. The van der Waals surface area contributed by atoms with Crippen LogP contribution in [0.2, 0.25) is 0 Å². The Morgan fingerprint density at radius 2 is 2.08 bits per heavy atom. The Kier molecular flexibility index (Phi) is 3.48. The zero-order valence-electron chi connectivity index (χ0n) is 8.52. The minimum absolute atomic E-state index is 0.0375. The largest absolute Gasteiger partial charge is 0.379 e. The van der Waals surface area contributed by atoms with Crippen LogP contribution in [0.5, 0.6) is 0 Å². The van der Waals surface area contributed by atoms with Gasteiger partial charge in [-0.15, -0.1) is 0 Å². The van der Waals surface area contributed by atoms with Crippen molar-refractivity contribution in [3.05, 3.63) is 11.1 Å². The predicted molar refractivity (Wildman–Crippen MR) is 51.4 cm³/mol. The summed E-state index contributed by atoms with van der Waals surface area (Å²) in [6.07, 6.45) is 0.932. The van der Waals surface area contributed by atoms with Gasteiger partial charge in [-0.05, 0) is 27.2 Å². The molecule has 0 bridgehead atoms. The summed E-state index contributed by atoms with van der Waals surface area (Å²) in [6, 6.07) is 0.210. The van der Waals surface area contributed by atoms with Crippen molar-refractivity contribution < 1.29 is 9.53 Å². The molecule has 0 aromatic rings. The first-order chi connectivity index (χ1) is 6.11. The van der Waals surface area contributed by atoms with E-state index >= 15 is 0 Å². The summed E-state index contributed by atoms with van der Waals surface area (Å²) in [6.45, 7) is 7.15. The summed E-state index contributed by atoms with van der Waals surface area (Å²) in [4.78, 5) is 11.5. The maximum atomic E-state index is 11.5. The van der Waals surface area contributed by atoms with Gasteiger partial charge in [0, 0.05) is 12.2 Å². The topological polar surface area (TPSA) is 38.3 Å². The third-order valence-corrected chi connectivity index (χ3v) is 2.36. The van der Waals surface area contributed by atoms with Crippen LogP contribution in [0.15, 0.2) is 11.1 Å². The van der Waals surface area contributed by atoms with E-state index in [0.717, 1.165) is 24.2 Å². The number of nitrogens with one attached hydrogen (secondary N) is 1. The second-order valence-corrected chi connectivity index (χ2v) is 3.66. The van der Waals surface area contributed by atoms with Crippen molar-refractivity contribution in [2.24, 2.45) is 0 Å². The highest BCUT2D eigenvalue weighted by Crippen LogP contribution is 2.06. The zero-order chi connectivity index (χ0) is 9.84. The quantitative estimate of drug-likeness (QED) is 0.654. The van der Waals surface area contributed by atoms with Crippen LogP contribution in [0, 0.1) is 0 Å². The van der Waals surface area contributed by atoms with Crippen LogP contribution in [0.4, 0.5) is 0 Å². The lowest BCUT2D eigenvalue weighted by Gasteiger charge is -2.11. The molecule has 0 saturated carbocycles. The van der Waals surface area contributed by atoms with E-state index < -0.39 is 0 Å². The highest BCUT2D eigenvalue weighted by molar-refractivity contribution is 5.93. The van der Waals surface area contributed by atoms with Crippen molar-refractivity contribution in [2.75, 3.05) is 13.2 Å². The molecule has 3 nitrogen and oxygen atoms in total. The van der Waals surface area contributed by atoms with Crippen molar-refractivity contribution in [3.8, 4) is 0 Å². The SMILES string of the molecule is CC(C)=C(C)C(=O)NC1CCOC1. The number of carbonyl (C=O) groups is 1. The van der Waals surface area contributed by atoms with Gasteiger partial charge in [-0.3, -0.25) is 4.79 Å². The Morgan fingerprint density at radius 1 is 1.38 bits per heavy atom. The maximum absolute atomic E-state index is 11.5. The molecule has 1 aliphatic heterocycles. The summed E-state index contributed by atoms with van der Waals surface area (Å²) in [5.41, 5.74) is 1.88. The van der Waals surface area contributed by atoms with Crippen LogP contribution >= 0.6 is 0 Å². The number of allylic oxidation sites excluding steroid dienone is 1. The summed E-state index contributed by atoms with van der Waals surface area (Å²) < 4.78 is 5.17. The molecule has 1 saturated heterocycles. The van der Waals surface area contributed by atoms with Crippen LogP contribution in [-0.4, -0.2) is 25.2 Å². The van der Waals surface area contributed by atoms with Gasteiger partial charge in [-0.25, -0.2) is 0 Å². The van der Waals surface area contributed by atoms with Gasteiger partial charge >= 0.3 is 0 Å². The monoisotopic (exact) mass is 183 g/mol. The molecule has 1 heterocycles. The van der Waals surface area contributed by atoms with E-state index in [2.05, 4.69) is 5.32 Å². The molecule has 1 rings (SSSR count). The highest BCUT2D eigenvalue weighted by Gasteiger charge is 2.18. The normalized spacial score (nSPS) is 21.3. The summed E-state index contributed by atoms with van der Waals surface area (Å²) in [7, 11) is 0. The molecule has 0 spiro atoms. The summed E-state index contributed by atoms with van der Waals surface area (Å²) in [5.74, 6) is 0.0375. The molecular formula is C10H17NO2. The predicted octanol–water partition coefficient (Wildman–Crippen LogP) is 1.25. The lowest BCUT2D eigenvalue weighted by atomic mass is 10.1. The second kappa shape index (κ2) is 4.42. The Balaban J connectivity index is 2.45. The lowest BCUT2D eigenvalue weighted by Crippen LogP contribution is -2.35. The van der Waals surface area contributed by atoms with Gasteiger partial charge in [-0.2, -0.15) is 0 Å². The van der Waals surface area contributed by atoms with E-state index in [4.69, 9.17) is 4.74 Å². The van der Waals surface area contributed by atoms with E-state index in [9.17, 15) is 4.79 Å². The van der Waals surface area contributed by atoms with Crippen molar-refractivity contribution in [2.45, 2.75) is 33.2 Å². The zero-order valence-corrected chi connectivity index (χ0v) is 8.52. The molecular weight excluding hydrogens is 166 g/mol. The molecule has 1 atom stereocenters. The molecule has 0 aromatic heterocycles. The van der Waals surface area contributed by atoms with Gasteiger partial charge in [0.2, 0.25) is 5.91 Å². The highest BCUT2D eigenvalue weighted by atomic mass is 16.5. The first-order valence-electron chi connectivity index (χ1n) is 4.64. The number of rotatable bonds is 2.